The molecule has 168 valence electrons. The second kappa shape index (κ2) is 8.53. The number of carbonyl (C=O) groups is 2. The van der Waals surface area contributed by atoms with Crippen LogP contribution in [0, 0.1) is 0 Å². The van der Waals surface area contributed by atoms with Crippen molar-refractivity contribution in [1.82, 2.24) is 0 Å². The van der Waals surface area contributed by atoms with Crippen LogP contribution < -0.4 is 26.5 Å². The van der Waals surface area contributed by atoms with Crippen molar-refractivity contribution < 1.29 is 38.1 Å². The van der Waals surface area contributed by atoms with Crippen LogP contribution in [-0.4, -0.2) is 49.3 Å². The molecule has 2 aromatic rings. The summed E-state index contributed by atoms with van der Waals surface area (Å²) in [4.78, 5) is 34.5. The van der Waals surface area contributed by atoms with E-state index in [4.69, 9.17) is 29.1 Å². The predicted octanol–water partition coefficient (Wildman–Crippen LogP) is 0.473. The van der Waals surface area contributed by atoms with Gasteiger partial charge in [-0.2, -0.15) is 0 Å². The average Bonchev–Trinajstić information content (AvgIpc) is 2.65. The number of primary amides is 1. The first kappa shape index (κ1) is 22.5. The normalized spacial score (nSPS) is 25.1. The van der Waals surface area contributed by atoms with E-state index >= 15 is 0 Å². The number of benzene rings is 1. The van der Waals surface area contributed by atoms with Crippen LogP contribution in [0.2, 0.25) is 0 Å². The lowest BCUT2D eigenvalue weighted by Gasteiger charge is -2.51. The molecule has 1 unspecified atom stereocenters. The molecule has 11 heteroatoms. The Hall–Kier alpha value is -3.15. The van der Waals surface area contributed by atoms with Crippen molar-refractivity contribution >= 4 is 28.7 Å². The SMILES string of the molecule is COC1[C@H](OC(N)=O)[C@H]([O-])[C@H](Oc2ccc3cc(NC(C)=O)c(=O)oc3c2)OC1(C)C. The van der Waals surface area contributed by atoms with E-state index in [9.17, 15) is 19.5 Å². The third-order valence-corrected chi connectivity index (χ3v) is 4.77. The first-order valence-corrected chi connectivity index (χ1v) is 9.36. The number of methoxy groups -OCH3 is 1. The molecule has 0 aliphatic carbocycles. The summed E-state index contributed by atoms with van der Waals surface area (Å²) >= 11 is 0. The van der Waals surface area contributed by atoms with Crippen LogP contribution in [0.4, 0.5) is 10.5 Å². The maximum atomic E-state index is 12.9. The third-order valence-electron chi connectivity index (χ3n) is 4.77. The number of rotatable bonds is 5. The smallest absolute Gasteiger partial charge is 0.404 e. The molecule has 11 nitrogen and oxygen atoms in total. The molecule has 1 aliphatic rings. The quantitative estimate of drug-likeness (QED) is 0.636. The fraction of sp³-hybridized carbons (Fsp3) is 0.450. The molecule has 4 atom stereocenters. The van der Waals surface area contributed by atoms with E-state index in [1.54, 1.807) is 19.9 Å². The lowest BCUT2D eigenvalue weighted by atomic mass is 9.89. The van der Waals surface area contributed by atoms with Gasteiger partial charge in [-0.3, -0.25) is 4.79 Å². The molecule has 2 heterocycles. The molecule has 0 radical (unpaired) electrons. The molecule has 1 aliphatic heterocycles. The van der Waals surface area contributed by atoms with Crippen molar-refractivity contribution in [3.05, 3.63) is 34.7 Å². The molecule has 2 amide bonds. The van der Waals surface area contributed by atoms with Crippen molar-refractivity contribution in [2.75, 3.05) is 12.4 Å². The number of amides is 2. The van der Waals surface area contributed by atoms with E-state index in [2.05, 4.69) is 5.32 Å². The van der Waals surface area contributed by atoms with Crippen molar-refractivity contribution in [3.63, 3.8) is 0 Å². The van der Waals surface area contributed by atoms with Crippen LogP contribution in [0.3, 0.4) is 0 Å². The summed E-state index contributed by atoms with van der Waals surface area (Å²) in [5.41, 5.74) is 3.49. The maximum absolute atomic E-state index is 12.9. The zero-order valence-electron chi connectivity index (χ0n) is 17.4. The highest BCUT2D eigenvalue weighted by Crippen LogP contribution is 2.34. The largest absolute Gasteiger partial charge is 0.845 e. The van der Waals surface area contributed by atoms with Gasteiger partial charge in [-0.1, -0.05) is 0 Å². The van der Waals surface area contributed by atoms with Crippen molar-refractivity contribution in [1.29, 1.82) is 0 Å². The third kappa shape index (κ3) is 4.79. The first-order valence-electron chi connectivity index (χ1n) is 9.36. The fourth-order valence-electron chi connectivity index (χ4n) is 3.50. The number of anilines is 1. The molecule has 1 aromatic carbocycles. The Balaban J connectivity index is 1.88. The Morgan fingerprint density at radius 2 is 1.97 bits per heavy atom. The zero-order valence-corrected chi connectivity index (χ0v) is 17.4. The highest BCUT2D eigenvalue weighted by Gasteiger charge is 2.49. The minimum Gasteiger partial charge on any atom is -0.845 e. The van der Waals surface area contributed by atoms with Gasteiger partial charge in [-0.05, 0) is 38.2 Å². The van der Waals surface area contributed by atoms with E-state index in [-0.39, 0.29) is 17.0 Å². The second-order valence-electron chi connectivity index (χ2n) is 7.56. The van der Waals surface area contributed by atoms with Crippen LogP contribution in [0.15, 0.2) is 33.5 Å². The van der Waals surface area contributed by atoms with Crippen LogP contribution in [0.5, 0.6) is 5.75 Å². The van der Waals surface area contributed by atoms with Crippen LogP contribution in [0.1, 0.15) is 20.8 Å². The summed E-state index contributed by atoms with van der Waals surface area (Å²) < 4.78 is 27.0. The summed E-state index contributed by atoms with van der Waals surface area (Å²) in [6, 6.07) is 5.99. The molecular weight excluding hydrogens is 412 g/mol. The lowest BCUT2D eigenvalue weighted by Crippen LogP contribution is -2.69. The number of fused-ring (bicyclic) bond motifs is 1. The maximum Gasteiger partial charge on any atom is 0.404 e. The Kier molecular flexibility index (Phi) is 6.20. The molecule has 3 N–H and O–H groups in total. The fourth-order valence-corrected chi connectivity index (χ4v) is 3.50. The Morgan fingerprint density at radius 1 is 1.26 bits per heavy atom. The standard InChI is InChI=1S/C20H23N2O9/c1-9(23)22-12-7-10-5-6-11(8-13(10)29-17(12)25)28-18-14(24)15(30-19(21)26)16(27-4)20(2,3)31-18/h5-8,14-16,18H,1-4H3,(H2,21,26)(H,22,23)/q-1/t14-,15+,16?,18+/m0/s1. The number of ether oxygens (including phenoxy) is 4. The van der Waals surface area contributed by atoms with Gasteiger partial charge in [0.1, 0.15) is 29.2 Å². The van der Waals surface area contributed by atoms with E-state index in [1.807, 2.05) is 0 Å². The van der Waals surface area contributed by atoms with E-state index in [0.717, 1.165) is 0 Å². The molecule has 3 rings (SSSR count). The van der Waals surface area contributed by atoms with Crippen molar-refractivity contribution in [3.8, 4) is 5.75 Å². The van der Waals surface area contributed by atoms with Crippen LogP contribution in [-0.2, 0) is 19.0 Å². The summed E-state index contributed by atoms with van der Waals surface area (Å²) in [6.07, 6.45) is -6.27. The van der Waals surface area contributed by atoms with Crippen molar-refractivity contribution in [2.24, 2.45) is 5.73 Å². The number of nitrogens with one attached hydrogen (secondary N) is 1. The number of hydrogen-bond donors (Lipinski definition) is 2. The van der Waals surface area contributed by atoms with Gasteiger partial charge in [0.25, 0.3) is 0 Å². The molecule has 0 saturated carbocycles. The second-order valence-corrected chi connectivity index (χ2v) is 7.56. The molecule has 1 saturated heterocycles. The topological polar surface area (TPSA) is 162 Å². The van der Waals surface area contributed by atoms with Crippen molar-refractivity contribution in [2.45, 2.75) is 51.0 Å². The van der Waals surface area contributed by atoms with Gasteiger partial charge in [0.2, 0.25) is 5.91 Å². The predicted molar refractivity (Wildman–Crippen MR) is 105 cm³/mol. The van der Waals surface area contributed by atoms with Gasteiger partial charge in [0, 0.05) is 25.5 Å². The molecular formula is C20H23N2O9-. The minimum atomic E-state index is -1.67. The van der Waals surface area contributed by atoms with Crippen LogP contribution in [0.25, 0.3) is 11.0 Å². The Labute approximate surface area is 177 Å². The monoisotopic (exact) mass is 435 g/mol. The number of nitrogens with two attached hydrogens (primary N) is 1. The van der Waals surface area contributed by atoms with Gasteiger partial charge in [0.15, 0.2) is 6.29 Å². The van der Waals surface area contributed by atoms with Gasteiger partial charge in [0.05, 0.1) is 5.60 Å². The summed E-state index contributed by atoms with van der Waals surface area (Å²) in [7, 11) is 1.36. The van der Waals surface area contributed by atoms with Gasteiger partial charge < -0.3 is 39.5 Å². The van der Waals surface area contributed by atoms with Gasteiger partial charge >= 0.3 is 11.7 Å². The Morgan fingerprint density at radius 3 is 2.58 bits per heavy atom. The number of carbonyl (C=O) groups excluding carboxylic acids is 2. The average molecular weight is 435 g/mol. The van der Waals surface area contributed by atoms with Gasteiger partial charge in [-0.15, -0.1) is 0 Å². The first-order chi connectivity index (χ1) is 14.5. The molecule has 1 fully saturated rings. The van der Waals surface area contributed by atoms with Gasteiger partial charge in [-0.25, -0.2) is 9.59 Å². The lowest BCUT2D eigenvalue weighted by molar-refractivity contribution is -0.499. The molecule has 1 aromatic heterocycles. The van der Waals surface area contributed by atoms with Crippen LogP contribution >= 0.6 is 0 Å². The van der Waals surface area contributed by atoms with E-state index in [1.165, 1.54) is 32.2 Å². The highest BCUT2D eigenvalue weighted by atomic mass is 16.7. The van der Waals surface area contributed by atoms with E-state index in [0.29, 0.717) is 5.39 Å². The van der Waals surface area contributed by atoms with E-state index < -0.39 is 47.8 Å². The molecule has 31 heavy (non-hydrogen) atoms. The number of hydrogen-bond acceptors (Lipinski definition) is 9. The highest BCUT2D eigenvalue weighted by molar-refractivity contribution is 5.91. The molecule has 0 bridgehead atoms. The summed E-state index contributed by atoms with van der Waals surface area (Å²) in [6.45, 7) is 4.59. The summed E-state index contributed by atoms with van der Waals surface area (Å²) in [5, 5.41) is 15.8. The molecule has 0 spiro atoms. The minimum absolute atomic E-state index is 0.00250. The zero-order chi connectivity index (χ0) is 22.9. The summed E-state index contributed by atoms with van der Waals surface area (Å²) in [5.74, 6) is -0.231. The Bertz CT molecular complexity index is 1050.